The average molecular weight is 660 g/mol. The summed E-state index contributed by atoms with van der Waals surface area (Å²) in [6.07, 6.45) is 9.60. The fourth-order valence-electron chi connectivity index (χ4n) is 6.33. The Labute approximate surface area is 272 Å². The third-order valence-electron chi connectivity index (χ3n) is 8.80. The molecule has 1 saturated carbocycles. The Bertz CT molecular complexity index is 1480. The number of amides is 1. The molecule has 0 radical (unpaired) electrons. The van der Waals surface area contributed by atoms with Crippen LogP contribution in [0.3, 0.4) is 0 Å². The molecule has 1 N–H and O–H groups in total. The molecule has 10 heteroatoms. The van der Waals surface area contributed by atoms with Gasteiger partial charge in [0.2, 0.25) is 0 Å². The van der Waals surface area contributed by atoms with Gasteiger partial charge < -0.3 is 14.7 Å². The number of carboxylic acid groups (broad SMARTS) is 1. The zero-order chi connectivity index (χ0) is 32.2. The monoisotopic (exact) mass is 658 g/mol. The number of carbonyl (C=O) groups is 2. The van der Waals surface area contributed by atoms with Crippen LogP contribution >= 0.6 is 23.2 Å². The van der Waals surface area contributed by atoms with Gasteiger partial charge in [-0.2, -0.15) is 0 Å². The predicted molar refractivity (Wildman–Crippen MR) is 172 cm³/mol. The Balaban J connectivity index is 1.26. The molecule has 6 nitrogen and oxygen atoms in total. The molecule has 3 fully saturated rings. The van der Waals surface area contributed by atoms with Crippen LogP contribution in [-0.2, 0) is 4.79 Å². The molecular formula is C35H38Cl2F2N2O4. The van der Waals surface area contributed by atoms with Crippen LogP contribution in [0.4, 0.5) is 8.78 Å². The number of hydrogen-bond donors (Lipinski definition) is 1. The number of aliphatic carboxylic acids is 1. The van der Waals surface area contributed by atoms with E-state index < -0.39 is 29.9 Å². The number of piperidine rings is 1. The predicted octanol–water partition coefficient (Wildman–Crippen LogP) is 8.17. The number of rotatable bonds is 11. The van der Waals surface area contributed by atoms with Crippen molar-refractivity contribution >= 4 is 35.1 Å². The molecule has 0 bridgehead atoms. The van der Waals surface area contributed by atoms with Crippen molar-refractivity contribution in [2.45, 2.75) is 63.2 Å². The van der Waals surface area contributed by atoms with Gasteiger partial charge in [0.05, 0.1) is 24.8 Å². The molecule has 3 atom stereocenters. The fourth-order valence-corrected chi connectivity index (χ4v) is 6.87. The smallest absolute Gasteiger partial charge is 0.326 e. The summed E-state index contributed by atoms with van der Waals surface area (Å²) in [4.78, 5) is 28.1. The van der Waals surface area contributed by atoms with Crippen LogP contribution in [0.2, 0.25) is 10.0 Å². The maximum Gasteiger partial charge on any atom is 0.326 e. The number of alkyl halides is 1. The highest BCUT2D eigenvalue weighted by atomic mass is 35.5. The van der Waals surface area contributed by atoms with Gasteiger partial charge in [0.25, 0.3) is 5.91 Å². The van der Waals surface area contributed by atoms with E-state index in [4.69, 9.17) is 27.9 Å². The molecule has 2 saturated heterocycles. The largest absolute Gasteiger partial charge is 0.493 e. The Morgan fingerprint density at radius 1 is 1.09 bits per heavy atom. The van der Waals surface area contributed by atoms with E-state index in [-0.39, 0.29) is 36.4 Å². The second-order valence-corrected chi connectivity index (χ2v) is 13.0. The van der Waals surface area contributed by atoms with E-state index in [0.29, 0.717) is 22.4 Å². The Morgan fingerprint density at radius 2 is 1.78 bits per heavy atom. The molecule has 240 valence electrons. The summed E-state index contributed by atoms with van der Waals surface area (Å²) in [6, 6.07) is 6.85. The summed E-state index contributed by atoms with van der Waals surface area (Å²) in [5.41, 5.74) is 2.39. The number of likely N-dealkylation sites (tertiary alicyclic amines) is 2. The first-order chi connectivity index (χ1) is 21.5. The first kappa shape index (κ1) is 33.2. The minimum Gasteiger partial charge on any atom is -0.493 e. The Morgan fingerprint density at radius 3 is 2.40 bits per heavy atom. The molecule has 1 amide bonds. The zero-order valence-corrected chi connectivity index (χ0v) is 26.7. The molecule has 2 heterocycles. The highest BCUT2D eigenvalue weighted by Gasteiger charge is 2.41. The number of carboxylic acids is 1. The lowest BCUT2D eigenvalue weighted by molar-refractivity contribution is -0.141. The molecule has 2 aliphatic heterocycles. The summed E-state index contributed by atoms with van der Waals surface area (Å²) < 4.78 is 35.6. The summed E-state index contributed by atoms with van der Waals surface area (Å²) in [7, 11) is 0. The highest BCUT2D eigenvalue weighted by molar-refractivity contribution is 6.34. The van der Waals surface area contributed by atoms with Gasteiger partial charge in [-0.15, -0.1) is 0 Å². The summed E-state index contributed by atoms with van der Waals surface area (Å²) in [6.45, 7) is 7.91. The molecule has 5 rings (SSSR count). The number of carbonyl (C=O) groups excluding carboxylic acids is 1. The maximum absolute atomic E-state index is 15.3. The van der Waals surface area contributed by atoms with Crippen molar-refractivity contribution < 1.29 is 28.2 Å². The van der Waals surface area contributed by atoms with E-state index in [1.807, 2.05) is 43.4 Å². The first-order valence-corrected chi connectivity index (χ1v) is 16.1. The van der Waals surface area contributed by atoms with Crippen LogP contribution < -0.4 is 4.74 Å². The van der Waals surface area contributed by atoms with Crippen LogP contribution in [0.15, 0.2) is 66.8 Å². The Kier molecular flexibility index (Phi) is 10.7. The number of benzene rings is 2. The van der Waals surface area contributed by atoms with Gasteiger partial charge in [-0.3, -0.25) is 9.69 Å². The van der Waals surface area contributed by atoms with Crippen LogP contribution in [0, 0.1) is 11.7 Å². The molecule has 2 aromatic rings. The van der Waals surface area contributed by atoms with Crippen LogP contribution in [0.5, 0.6) is 5.75 Å². The third kappa shape index (κ3) is 7.97. The van der Waals surface area contributed by atoms with Crippen molar-refractivity contribution in [1.82, 2.24) is 9.80 Å². The van der Waals surface area contributed by atoms with Gasteiger partial charge in [0.1, 0.15) is 23.8 Å². The Hall–Kier alpha value is -3.20. The average Bonchev–Trinajstić information content (AvgIpc) is 3.76. The van der Waals surface area contributed by atoms with Gasteiger partial charge in [0.15, 0.2) is 0 Å². The molecule has 0 unspecified atom stereocenters. The summed E-state index contributed by atoms with van der Waals surface area (Å²) in [5.74, 6) is -2.12. The fraction of sp³-hybridized carbons (Fsp3) is 0.429. The van der Waals surface area contributed by atoms with Crippen molar-refractivity contribution in [2.75, 3.05) is 26.2 Å². The highest BCUT2D eigenvalue weighted by Crippen LogP contribution is 2.46. The summed E-state index contributed by atoms with van der Waals surface area (Å²) in [5, 5.41) is 10.6. The lowest BCUT2D eigenvalue weighted by Crippen LogP contribution is -2.41. The lowest BCUT2D eigenvalue weighted by Gasteiger charge is -2.38. The number of ether oxygens (including phenoxy) is 1. The molecular weight excluding hydrogens is 621 g/mol. The molecule has 0 aromatic heterocycles. The molecule has 1 aliphatic carbocycles. The van der Waals surface area contributed by atoms with E-state index in [9.17, 15) is 19.1 Å². The molecule has 45 heavy (non-hydrogen) atoms. The minimum atomic E-state index is -1.46. The van der Waals surface area contributed by atoms with Gasteiger partial charge in [-0.25, -0.2) is 13.6 Å². The van der Waals surface area contributed by atoms with Crippen molar-refractivity contribution in [1.29, 1.82) is 0 Å². The zero-order valence-electron chi connectivity index (χ0n) is 25.2. The lowest BCUT2D eigenvalue weighted by atomic mass is 9.91. The van der Waals surface area contributed by atoms with E-state index >= 15 is 4.39 Å². The number of allylic oxidation sites excluding steroid dienone is 3. The minimum absolute atomic E-state index is 0.103. The van der Waals surface area contributed by atoms with E-state index in [1.54, 1.807) is 6.07 Å². The standard InChI is InChI=1S/C35H38Cl2F2N2O4/c1-3-4-5-6-21(2)33(24-13-25(36)15-26(37)14-24)40-11-9-22(10-12-40)20-45-32-18-30(39)29(17-28(32)23-7-8-23)34(42)41-19-27(38)16-31(41)35(43)44/h3-6,13-15,17-18,22-23,27,31,33H,2,7-12,16,19-20H2,1H3,(H,43,44)/b4-3-,6-5-/t27-,31+,33+/m1/s1. The number of halogens is 4. The molecule has 3 aliphatic rings. The summed E-state index contributed by atoms with van der Waals surface area (Å²) >= 11 is 12.7. The second kappa shape index (κ2) is 14.5. The van der Waals surface area contributed by atoms with Crippen molar-refractivity contribution in [3.8, 4) is 5.75 Å². The van der Waals surface area contributed by atoms with Crippen molar-refractivity contribution in [2.24, 2.45) is 5.92 Å². The van der Waals surface area contributed by atoms with Crippen molar-refractivity contribution in [3.05, 3.63) is 99.3 Å². The van der Waals surface area contributed by atoms with Crippen LogP contribution in [0.25, 0.3) is 0 Å². The quantitative estimate of drug-likeness (QED) is 0.247. The molecule has 0 spiro atoms. The van der Waals surface area contributed by atoms with E-state index in [1.165, 1.54) is 12.1 Å². The van der Waals surface area contributed by atoms with Crippen molar-refractivity contribution in [3.63, 3.8) is 0 Å². The van der Waals surface area contributed by atoms with Gasteiger partial charge in [-0.05, 0) is 98.5 Å². The second-order valence-electron chi connectivity index (χ2n) is 12.1. The topological polar surface area (TPSA) is 70.1 Å². The van der Waals surface area contributed by atoms with E-state index in [0.717, 1.165) is 60.4 Å². The molecule has 2 aromatic carbocycles. The van der Waals surface area contributed by atoms with Gasteiger partial charge in [0, 0.05) is 22.5 Å². The maximum atomic E-state index is 15.3. The van der Waals surface area contributed by atoms with Crippen LogP contribution in [-0.4, -0.2) is 65.2 Å². The van der Waals surface area contributed by atoms with Gasteiger partial charge >= 0.3 is 5.97 Å². The normalized spacial score (nSPS) is 21.9. The third-order valence-corrected chi connectivity index (χ3v) is 9.23. The number of hydrogen-bond acceptors (Lipinski definition) is 4. The van der Waals surface area contributed by atoms with E-state index in [2.05, 4.69) is 11.5 Å². The SMILES string of the molecule is C=C(/C=C\C=C/C)[C@@H](c1cc(Cl)cc(Cl)c1)N1CCC(COc2cc(F)c(C(=O)N3C[C@H](F)C[C@H]3C(=O)O)cc2C2CC2)CC1. The van der Waals surface area contributed by atoms with Crippen LogP contribution in [0.1, 0.15) is 72.5 Å². The number of nitrogens with zero attached hydrogens (tertiary/aromatic N) is 2. The van der Waals surface area contributed by atoms with Gasteiger partial charge in [-0.1, -0.05) is 54.1 Å². The first-order valence-electron chi connectivity index (χ1n) is 15.4.